The lowest BCUT2D eigenvalue weighted by Crippen LogP contribution is -2.54. The van der Waals surface area contributed by atoms with E-state index < -0.39 is 0 Å². The van der Waals surface area contributed by atoms with Crippen molar-refractivity contribution in [3.63, 3.8) is 0 Å². The number of nitrogens with one attached hydrogen (secondary N) is 1. The first-order valence-corrected chi connectivity index (χ1v) is 7.40. The molecule has 0 radical (unpaired) electrons. The first-order valence-electron chi connectivity index (χ1n) is 7.40. The molecule has 0 unspecified atom stereocenters. The Kier molecular flexibility index (Phi) is 2.66. The van der Waals surface area contributed by atoms with Crippen LogP contribution in [0, 0.1) is 17.8 Å². The molecular weight excluding hydrogens is 220 g/mol. The predicted octanol–water partition coefficient (Wildman–Crippen LogP) is 2.12. The van der Waals surface area contributed by atoms with Crippen LogP contribution in [-0.2, 0) is 6.54 Å². The van der Waals surface area contributed by atoms with E-state index >= 15 is 0 Å². The average molecular weight is 242 g/mol. The molecule has 3 saturated heterocycles. The Hall–Kier alpha value is -0.860. The second-order valence-corrected chi connectivity index (χ2v) is 6.36. The van der Waals surface area contributed by atoms with Gasteiger partial charge in [0.05, 0.1) is 0 Å². The van der Waals surface area contributed by atoms with Gasteiger partial charge in [-0.25, -0.2) is 0 Å². The van der Waals surface area contributed by atoms with Crippen molar-refractivity contribution in [1.29, 1.82) is 0 Å². The second-order valence-electron chi connectivity index (χ2n) is 6.36. The van der Waals surface area contributed by atoms with E-state index in [-0.39, 0.29) is 0 Å². The molecule has 1 saturated carbocycles. The number of hydrogen-bond donors (Lipinski definition) is 1. The third kappa shape index (κ3) is 1.79. The molecule has 96 valence electrons. The molecule has 0 aromatic heterocycles. The lowest BCUT2D eigenvalue weighted by molar-refractivity contribution is 0.0926. The van der Waals surface area contributed by atoms with E-state index in [9.17, 15) is 0 Å². The van der Waals surface area contributed by atoms with Crippen LogP contribution in [0.1, 0.15) is 18.4 Å². The molecule has 4 atom stereocenters. The molecule has 1 aromatic carbocycles. The van der Waals surface area contributed by atoms with Gasteiger partial charge < -0.3 is 5.32 Å². The van der Waals surface area contributed by atoms with Gasteiger partial charge in [0.15, 0.2) is 0 Å². The Morgan fingerprint density at radius 3 is 2.61 bits per heavy atom. The van der Waals surface area contributed by atoms with E-state index in [4.69, 9.17) is 0 Å². The highest BCUT2D eigenvalue weighted by atomic mass is 15.2. The minimum absolute atomic E-state index is 0.820. The third-order valence-corrected chi connectivity index (χ3v) is 5.35. The molecule has 0 amide bonds. The van der Waals surface area contributed by atoms with Crippen LogP contribution >= 0.6 is 0 Å². The highest BCUT2D eigenvalue weighted by molar-refractivity contribution is 5.15. The van der Waals surface area contributed by atoms with Crippen molar-refractivity contribution in [2.45, 2.75) is 25.4 Å². The molecule has 2 heteroatoms. The standard InChI is InChI=1S/C16H22N2/c1-2-4-12(5-3-1)9-18-10-14-13-6-7-16(17-8-13)15(14)11-18/h1-5,13-17H,6-11H2/t13-,14-,15-,16-/m1/s1. The summed E-state index contributed by atoms with van der Waals surface area (Å²) in [4.78, 5) is 2.68. The molecule has 18 heavy (non-hydrogen) atoms. The number of rotatable bonds is 2. The number of fused-ring (bicyclic) bond motifs is 2. The minimum atomic E-state index is 0.820. The van der Waals surface area contributed by atoms with Crippen LogP contribution in [0.5, 0.6) is 0 Å². The molecule has 5 rings (SSSR count). The number of nitrogens with zero attached hydrogens (tertiary/aromatic N) is 1. The van der Waals surface area contributed by atoms with Crippen molar-refractivity contribution in [3.8, 4) is 0 Å². The summed E-state index contributed by atoms with van der Waals surface area (Å²) in [6.07, 6.45) is 2.89. The van der Waals surface area contributed by atoms with Crippen molar-refractivity contribution in [2.24, 2.45) is 17.8 Å². The van der Waals surface area contributed by atoms with Crippen LogP contribution in [0.4, 0.5) is 0 Å². The van der Waals surface area contributed by atoms with Gasteiger partial charge in [0.1, 0.15) is 0 Å². The van der Waals surface area contributed by atoms with Gasteiger partial charge in [-0.1, -0.05) is 30.3 Å². The molecule has 4 aliphatic rings. The SMILES string of the molecule is c1ccc(CN2C[C@@H]3[C@@H]4CC[C@@H](NC4)[C@@H]3C2)cc1. The fourth-order valence-corrected chi connectivity index (χ4v) is 4.47. The van der Waals surface area contributed by atoms with Gasteiger partial charge in [0.25, 0.3) is 0 Å². The van der Waals surface area contributed by atoms with Gasteiger partial charge in [-0.2, -0.15) is 0 Å². The van der Waals surface area contributed by atoms with Gasteiger partial charge in [-0.05, 0) is 42.7 Å². The lowest BCUT2D eigenvalue weighted by Gasteiger charge is -2.45. The Morgan fingerprint density at radius 1 is 1.06 bits per heavy atom. The third-order valence-electron chi connectivity index (χ3n) is 5.35. The van der Waals surface area contributed by atoms with Crippen LogP contribution in [0.25, 0.3) is 0 Å². The van der Waals surface area contributed by atoms with Crippen LogP contribution in [-0.4, -0.2) is 30.6 Å². The highest BCUT2D eigenvalue weighted by Crippen LogP contribution is 2.43. The second kappa shape index (κ2) is 4.36. The van der Waals surface area contributed by atoms with Gasteiger partial charge in [-0.15, -0.1) is 0 Å². The summed E-state index contributed by atoms with van der Waals surface area (Å²) in [6.45, 7) is 5.08. The summed E-state index contributed by atoms with van der Waals surface area (Å²) in [6, 6.07) is 11.8. The molecule has 2 nitrogen and oxygen atoms in total. The molecule has 3 heterocycles. The van der Waals surface area contributed by atoms with Crippen molar-refractivity contribution in [3.05, 3.63) is 35.9 Å². The molecule has 1 aliphatic carbocycles. The van der Waals surface area contributed by atoms with Crippen molar-refractivity contribution >= 4 is 0 Å². The molecule has 2 bridgehead atoms. The average Bonchev–Trinajstić information content (AvgIpc) is 2.86. The molecular formula is C16H22N2. The first kappa shape index (κ1) is 11.0. The largest absolute Gasteiger partial charge is 0.313 e. The summed E-state index contributed by atoms with van der Waals surface area (Å²) < 4.78 is 0. The first-order chi connectivity index (χ1) is 8.90. The van der Waals surface area contributed by atoms with Gasteiger partial charge in [0, 0.05) is 25.7 Å². The van der Waals surface area contributed by atoms with Crippen molar-refractivity contribution < 1.29 is 0 Å². The van der Waals surface area contributed by atoms with Crippen LogP contribution < -0.4 is 5.32 Å². The number of benzene rings is 1. The predicted molar refractivity (Wildman–Crippen MR) is 73.2 cm³/mol. The van der Waals surface area contributed by atoms with E-state index in [1.54, 1.807) is 0 Å². The minimum Gasteiger partial charge on any atom is -0.313 e. The summed E-state index contributed by atoms with van der Waals surface area (Å²) in [5, 5.41) is 3.75. The van der Waals surface area contributed by atoms with Crippen LogP contribution in [0.2, 0.25) is 0 Å². The van der Waals surface area contributed by atoms with Crippen LogP contribution in [0.3, 0.4) is 0 Å². The van der Waals surface area contributed by atoms with Crippen molar-refractivity contribution in [1.82, 2.24) is 10.2 Å². The fraction of sp³-hybridized carbons (Fsp3) is 0.625. The topological polar surface area (TPSA) is 15.3 Å². The molecule has 3 aliphatic heterocycles. The zero-order valence-electron chi connectivity index (χ0n) is 10.9. The Bertz CT molecular complexity index is 388. The highest BCUT2D eigenvalue weighted by Gasteiger charge is 2.47. The summed E-state index contributed by atoms with van der Waals surface area (Å²) in [5.74, 6) is 2.87. The molecule has 1 N–H and O–H groups in total. The van der Waals surface area contributed by atoms with E-state index in [1.165, 1.54) is 38.0 Å². The Morgan fingerprint density at radius 2 is 1.89 bits per heavy atom. The Balaban J connectivity index is 1.47. The maximum Gasteiger partial charge on any atom is 0.0233 e. The normalized spacial score (nSPS) is 38.9. The Labute approximate surface area is 109 Å². The fourth-order valence-electron chi connectivity index (χ4n) is 4.47. The van der Waals surface area contributed by atoms with Crippen molar-refractivity contribution in [2.75, 3.05) is 19.6 Å². The number of hydrogen-bond acceptors (Lipinski definition) is 2. The van der Waals surface area contributed by atoms with E-state index in [1.807, 2.05) is 0 Å². The smallest absolute Gasteiger partial charge is 0.0233 e. The van der Waals surface area contributed by atoms with Crippen LogP contribution in [0.15, 0.2) is 30.3 Å². The van der Waals surface area contributed by atoms with Gasteiger partial charge in [-0.3, -0.25) is 4.90 Å². The lowest BCUT2D eigenvalue weighted by atomic mass is 9.68. The number of likely N-dealkylation sites (tertiary alicyclic amines) is 1. The summed E-state index contributed by atoms with van der Waals surface area (Å²) in [5.41, 5.74) is 1.47. The summed E-state index contributed by atoms with van der Waals surface area (Å²) in [7, 11) is 0. The van der Waals surface area contributed by atoms with E-state index in [0.29, 0.717) is 0 Å². The molecule has 4 fully saturated rings. The number of piperidine rings is 2. The van der Waals surface area contributed by atoms with Gasteiger partial charge >= 0.3 is 0 Å². The monoisotopic (exact) mass is 242 g/mol. The quantitative estimate of drug-likeness (QED) is 0.854. The zero-order chi connectivity index (χ0) is 11.9. The molecule has 1 aromatic rings. The maximum absolute atomic E-state index is 3.75. The maximum atomic E-state index is 3.75. The zero-order valence-corrected chi connectivity index (χ0v) is 10.9. The van der Waals surface area contributed by atoms with Gasteiger partial charge in [0.2, 0.25) is 0 Å². The van der Waals surface area contributed by atoms with E-state index in [2.05, 4.69) is 40.5 Å². The molecule has 0 spiro atoms. The van der Waals surface area contributed by atoms with E-state index in [0.717, 1.165) is 30.3 Å². The summed E-state index contributed by atoms with van der Waals surface area (Å²) >= 11 is 0.